The Balaban J connectivity index is 3.09. The van der Waals surface area contributed by atoms with Gasteiger partial charge in [0.05, 0.1) is 13.0 Å². The van der Waals surface area contributed by atoms with Gasteiger partial charge in [-0.25, -0.2) is 0 Å². The molecule has 0 aromatic carbocycles. The molecule has 0 saturated carbocycles. The van der Waals surface area contributed by atoms with Gasteiger partial charge in [0.1, 0.15) is 0 Å². The molecule has 0 aliphatic rings. The zero-order chi connectivity index (χ0) is 10.8. The molecule has 14 heavy (non-hydrogen) atoms. The summed E-state index contributed by atoms with van der Waals surface area (Å²) in [6, 6.07) is 0. The van der Waals surface area contributed by atoms with Crippen molar-refractivity contribution < 1.29 is 9.53 Å². The summed E-state index contributed by atoms with van der Waals surface area (Å²) in [4.78, 5) is 10.9. The van der Waals surface area contributed by atoms with E-state index in [9.17, 15) is 4.79 Å². The van der Waals surface area contributed by atoms with Crippen LogP contribution in [0.4, 0.5) is 0 Å². The maximum atomic E-state index is 10.9. The van der Waals surface area contributed by atoms with E-state index in [0.29, 0.717) is 18.8 Å². The lowest BCUT2D eigenvalue weighted by atomic mass is 10.1. The number of rotatable bonds is 8. The predicted octanol–water partition coefficient (Wildman–Crippen LogP) is 3.33. The highest BCUT2D eigenvalue weighted by Gasteiger charge is 2.00. The van der Waals surface area contributed by atoms with E-state index in [1.165, 1.54) is 12.8 Å². The van der Waals surface area contributed by atoms with Gasteiger partial charge in [0.15, 0.2) is 0 Å². The Morgan fingerprint density at radius 3 is 2.57 bits per heavy atom. The lowest BCUT2D eigenvalue weighted by Gasteiger charge is -2.05. The molecule has 0 saturated heterocycles. The Kier molecular flexibility index (Phi) is 9.26. The second-order valence-electron chi connectivity index (χ2n) is 3.92. The second-order valence-corrected chi connectivity index (χ2v) is 4.33. The van der Waals surface area contributed by atoms with Gasteiger partial charge in [-0.2, -0.15) is 0 Å². The van der Waals surface area contributed by atoms with Crippen LogP contribution in [-0.4, -0.2) is 18.3 Å². The maximum Gasteiger partial charge on any atom is 0.306 e. The van der Waals surface area contributed by atoms with E-state index in [-0.39, 0.29) is 5.97 Å². The largest absolute Gasteiger partial charge is 0.466 e. The highest BCUT2D eigenvalue weighted by atomic mass is 32.1. The van der Waals surface area contributed by atoms with Crippen LogP contribution in [0.5, 0.6) is 0 Å². The van der Waals surface area contributed by atoms with Gasteiger partial charge >= 0.3 is 5.97 Å². The average molecular weight is 217 g/mol. The number of esters is 1. The number of carbonyl (C=O) groups is 1. The third-order valence-corrected chi connectivity index (χ3v) is 2.20. The molecule has 83 valence electrons. The van der Waals surface area contributed by atoms with E-state index in [4.69, 9.17) is 4.74 Å². The Bertz CT molecular complexity index is 146. The molecule has 0 bridgehead atoms. The highest BCUT2D eigenvalue weighted by molar-refractivity contribution is 7.80. The van der Waals surface area contributed by atoms with Crippen LogP contribution >= 0.6 is 12.6 Å². The van der Waals surface area contributed by atoms with Crippen molar-refractivity contribution in [1.82, 2.24) is 0 Å². The van der Waals surface area contributed by atoms with Crippen molar-refractivity contribution in [2.45, 2.75) is 46.0 Å². The Hall–Kier alpha value is -0.180. The predicted molar refractivity (Wildman–Crippen MR) is 61.3 cm³/mol. The molecule has 0 heterocycles. The van der Waals surface area contributed by atoms with Gasteiger partial charge in [0.2, 0.25) is 0 Å². The summed E-state index contributed by atoms with van der Waals surface area (Å²) in [5.41, 5.74) is 0. The van der Waals surface area contributed by atoms with Gasteiger partial charge in [-0.05, 0) is 12.3 Å². The number of hydrogen-bond acceptors (Lipinski definition) is 2. The molecule has 0 aromatic rings. The van der Waals surface area contributed by atoms with Gasteiger partial charge in [-0.15, -0.1) is 0 Å². The van der Waals surface area contributed by atoms with Crippen LogP contribution < -0.4 is 0 Å². The third kappa shape index (κ3) is 9.90. The normalized spacial score (nSPS) is 10.6. The van der Waals surface area contributed by atoms with Crippen molar-refractivity contribution in [3.8, 4) is 0 Å². The minimum absolute atomic E-state index is 0.149. The Labute approximate surface area is 92.8 Å². The molecule has 0 spiro atoms. The Morgan fingerprint density at radius 2 is 2.00 bits per heavy atom. The van der Waals surface area contributed by atoms with E-state index in [0.717, 1.165) is 18.8 Å². The van der Waals surface area contributed by atoms with E-state index in [1.807, 2.05) is 0 Å². The first-order valence-corrected chi connectivity index (χ1v) is 5.98. The molecule has 0 aromatic heterocycles. The molecule has 0 fully saturated rings. The highest BCUT2D eigenvalue weighted by Crippen LogP contribution is 2.08. The minimum atomic E-state index is -0.149. The molecule has 0 rings (SSSR count). The summed E-state index contributed by atoms with van der Waals surface area (Å²) < 4.78 is 4.98. The standard InChI is InChI=1S/C11H21O2S/c1-10(2)6-4-3-5-8-13-11(12)7-9-14/h10H,3-9H2,1-2H3. The first kappa shape index (κ1) is 13.8. The van der Waals surface area contributed by atoms with Crippen LogP contribution in [0.3, 0.4) is 0 Å². The molecular formula is C11H21O2S. The van der Waals surface area contributed by atoms with Crippen molar-refractivity contribution in [2.75, 3.05) is 12.4 Å². The van der Waals surface area contributed by atoms with E-state index >= 15 is 0 Å². The SMILES string of the molecule is CC(C)CCCCCOC(=O)CC[S]. The zero-order valence-electron chi connectivity index (χ0n) is 9.25. The molecule has 1 radical (unpaired) electrons. The third-order valence-electron chi connectivity index (χ3n) is 2.00. The minimum Gasteiger partial charge on any atom is -0.466 e. The topological polar surface area (TPSA) is 26.3 Å². The molecule has 0 N–H and O–H groups in total. The summed E-state index contributed by atoms with van der Waals surface area (Å²) >= 11 is 4.68. The first-order chi connectivity index (χ1) is 6.66. The molecular weight excluding hydrogens is 196 g/mol. The van der Waals surface area contributed by atoms with Crippen molar-refractivity contribution in [1.29, 1.82) is 0 Å². The lowest BCUT2D eigenvalue weighted by Crippen LogP contribution is -2.06. The Morgan fingerprint density at radius 1 is 1.29 bits per heavy atom. The fraction of sp³-hybridized carbons (Fsp3) is 0.909. The molecule has 0 aliphatic heterocycles. The van der Waals surface area contributed by atoms with Crippen LogP contribution in [-0.2, 0) is 9.53 Å². The maximum absolute atomic E-state index is 10.9. The van der Waals surface area contributed by atoms with Crippen molar-refractivity contribution >= 4 is 18.6 Å². The fourth-order valence-electron chi connectivity index (χ4n) is 1.17. The van der Waals surface area contributed by atoms with Gasteiger partial charge in [0, 0.05) is 5.75 Å². The molecule has 0 amide bonds. The number of unbranched alkanes of at least 4 members (excludes halogenated alkanes) is 2. The molecule has 2 nitrogen and oxygen atoms in total. The van der Waals surface area contributed by atoms with E-state index in [2.05, 4.69) is 26.5 Å². The van der Waals surface area contributed by atoms with Crippen LogP contribution in [0, 0.1) is 5.92 Å². The summed E-state index contributed by atoms with van der Waals surface area (Å²) in [6.07, 6.45) is 5.01. The van der Waals surface area contributed by atoms with Crippen LogP contribution in [0.25, 0.3) is 0 Å². The van der Waals surface area contributed by atoms with Crippen LogP contribution in [0.1, 0.15) is 46.0 Å². The molecule has 0 unspecified atom stereocenters. The summed E-state index contributed by atoms with van der Waals surface area (Å²) in [5, 5.41) is 0. The molecule has 0 atom stereocenters. The summed E-state index contributed by atoms with van der Waals surface area (Å²) in [7, 11) is 0. The van der Waals surface area contributed by atoms with Gasteiger partial charge < -0.3 is 4.74 Å². The van der Waals surface area contributed by atoms with Crippen molar-refractivity contribution in [3.63, 3.8) is 0 Å². The molecule has 3 heteroatoms. The van der Waals surface area contributed by atoms with Gasteiger partial charge in [0.25, 0.3) is 0 Å². The van der Waals surface area contributed by atoms with Gasteiger partial charge in [-0.3, -0.25) is 4.79 Å². The van der Waals surface area contributed by atoms with E-state index in [1.54, 1.807) is 0 Å². The van der Waals surface area contributed by atoms with Crippen molar-refractivity contribution in [3.05, 3.63) is 0 Å². The second kappa shape index (κ2) is 9.38. The van der Waals surface area contributed by atoms with Crippen LogP contribution in [0.2, 0.25) is 0 Å². The number of ether oxygens (including phenoxy) is 1. The summed E-state index contributed by atoms with van der Waals surface area (Å²) in [6.45, 7) is 5.01. The quantitative estimate of drug-likeness (QED) is 0.460. The average Bonchev–Trinajstić information content (AvgIpc) is 2.11. The zero-order valence-corrected chi connectivity index (χ0v) is 10.1. The first-order valence-electron chi connectivity index (χ1n) is 5.40. The molecule has 0 aliphatic carbocycles. The summed E-state index contributed by atoms with van der Waals surface area (Å²) in [5.74, 6) is 1.09. The monoisotopic (exact) mass is 217 g/mol. The smallest absolute Gasteiger partial charge is 0.306 e. The number of carbonyl (C=O) groups excluding carboxylic acids is 1. The number of hydrogen-bond donors (Lipinski definition) is 0. The fourth-order valence-corrected chi connectivity index (χ4v) is 1.34. The van der Waals surface area contributed by atoms with E-state index < -0.39 is 0 Å². The van der Waals surface area contributed by atoms with Gasteiger partial charge in [-0.1, -0.05) is 45.7 Å². The van der Waals surface area contributed by atoms with Crippen LogP contribution in [0.15, 0.2) is 0 Å². The lowest BCUT2D eigenvalue weighted by molar-refractivity contribution is -0.143. The van der Waals surface area contributed by atoms with Crippen molar-refractivity contribution in [2.24, 2.45) is 5.92 Å².